The summed E-state index contributed by atoms with van der Waals surface area (Å²) < 4.78 is 1.71. The van der Waals surface area contributed by atoms with Gasteiger partial charge in [0.15, 0.2) is 0 Å². The second-order valence-corrected chi connectivity index (χ2v) is 5.85. The Labute approximate surface area is 142 Å². The lowest BCUT2D eigenvalue weighted by Crippen LogP contribution is -2.37. The monoisotopic (exact) mass is 334 g/mol. The Morgan fingerprint density at radius 1 is 1.43 bits per heavy atom. The molecule has 0 spiro atoms. The molecule has 1 aromatic heterocycles. The van der Waals surface area contributed by atoms with Crippen LogP contribution in [0.3, 0.4) is 0 Å². The fourth-order valence-corrected chi connectivity index (χ4v) is 3.22. The predicted molar refractivity (Wildman–Crippen MR) is 92.8 cm³/mol. The van der Waals surface area contributed by atoms with Gasteiger partial charge >= 0.3 is 0 Å². The molecule has 124 valence electrons. The molecule has 2 atom stereocenters. The van der Waals surface area contributed by atoms with Crippen LogP contribution in [-0.2, 0) is 18.3 Å². The lowest BCUT2D eigenvalue weighted by atomic mass is 10.0. The van der Waals surface area contributed by atoms with Crippen molar-refractivity contribution in [3.8, 4) is 0 Å². The Balaban J connectivity index is 0.00000192. The number of amides is 1. The number of benzene rings is 1. The highest BCUT2D eigenvalue weighted by Gasteiger charge is 2.25. The average molecular weight is 335 g/mol. The number of nitrogens with one attached hydrogen (secondary N) is 2. The van der Waals surface area contributed by atoms with E-state index in [0.717, 1.165) is 18.4 Å². The SMILES string of the molecule is CNC(C(=O)NCC1CCc2ccccc21)c1cnn(C)c1.Cl. The zero-order valence-electron chi connectivity index (χ0n) is 13.5. The molecule has 3 rings (SSSR count). The lowest BCUT2D eigenvalue weighted by Gasteiger charge is -2.17. The molecular weight excluding hydrogens is 312 g/mol. The highest BCUT2D eigenvalue weighted by molar-refractivity contribution is 5.85. The van der Waals surface area contributed by atoms with E-state index < -0.39 is 0 Å². The van der Waals surface area contributed by atoms with Gasteiger partial charge in [-0.1, -0.05) is 24.3 Å². The van der Waals surface area contributed by atoms with E-state index in [1.165, 1.54) is 11.1 Å². The van der Waals surface area contributed by atoms with Crippen LogP contribution in [0.1, 0.15) is 35.1 Å². The van der Waals surface area contributed by atoms with Crippen LogP contribution in [0, 0.1) is 0 Å². The lowest BCUT2D eigenvalue weighted by molar-refractivity contribution is -0.123. The summed E-state index contributed by atoms with van der Waals surface area (Å²) in [7, 11) is 3.64. The maximum atomic E-state index is 12.4. The van der Waals surface area contributed by atoms with Crippen LogP contribution in [0.25, 0.3) is 0 Å². The Kier molecular flexibility index (Phi) is 5.80. The van der Waals surface area contributed by atoms with Gasteiger partial charge < -0.3 is 10.6 Å². The number of halogens is 1. The summed E-state index contributed by atoms with van der Waals surface area (Å²) in [6, 6.07) is 8.16. The van der Waals surface area contributed by atoms with Crippen molar-refractivity contribution in [1.82, 2.24) is 20.4 Å². The second-order valence-electron chi connectivity index (χ2n) is 5.85. The van der Waals surface area contributed by atoms with Gasteiger partial charge in [0.1, 0.15) is 6.04 Å². The second kappa shape index (κ2) is 7.62. The van der Waals surface area contributed by atoms with Gasteiger partial charge in [-0.15, -0.1) is 12.4 Å². The zero-order valence-corrected chi connectivity index (χ0v) is 14.3. The molecular formula is C17H23ClN4O. The molecule has 1 heterocycles. The number of aryl methyl sites for hydroxylation is 2. The molecule has 1 aliphatic carbocycles. The Bertz CT molecular complexity index is 670. The summed E-state index contributed by atoms with van der Waals surface area (Å²) in [5, 5.41) is 10.3. The fraction of sp³-hybridized carbons (Fsp3) is 0.412. The van der Waals surface area contributed by atoms with Gasteiger partial charge in [-0.2, -0.15) is 5.10 Å². The third kappa shape index (κ3) is 3.74. The minimum atomic E-state index is -0.356. The fourth-order valence-electron chi connectivity index (χ4n) is 3.22. The molecule has 0 fully saturated rings. The third-order valence-electron chi connectivity index (χ3n) is 4.39. The molecule has 0 saturated heterocycles. The van der Waals surface area contributed by atoms with Crippen molar-refractivity contribution < 1.29 is 4.79 Å². The molecule has 1 aliphatic rings. The number of hydrogen-bond donors (Lipinski definition) is 2. The van der Waals surface area contributed by atoms with Crippen molar-refractivity contribution in [3.63, 3.8) is 0 Å². The summed E-state index contributed by atoms with van der Waals surface area (Å²) in [5.41, 5.74) is 3.68. The third-order valence-corrected chi connectivity index (χ3v) is 4.39. The van der Waals surface area contributed by atoms with Crippen LogP contribution in [0.5, 0.6) is 0 Å². The predicted octanol–water partition coefficient (Wildman–Crippen LogP) is 1.95. The topological polar surface area (TPSA) is 59.0 Å². The molecule has 0 bridgehead atoms. The number of aromatic nitrogens is 2. The van der Waals surface area contributed by atoms with Gasteiger partial charge in [-0.25, -0.2) is 0 Å². The first-order valence-electron chi connectivity index (χ1n) is 7.70. The van der Waals surface area contributed by atoms with E-state index in [0.29, 0.717) is 12.5 Å². The highest BCUT2D eigenvalue weighted by atomic mass is 35.5. The summed E-state index contributed by atoms with van der Waals surface area (Å²) >= 11 is 0. The molecule has 2 N–H and O–H groups in total. The Hall–Kier alpha value is -1.85. The zero-order chi connectivity index (χ0) is 15.5. The molecule has 1 amide bonds. The first kappa shape index (κ1) is 17.5. The minimum Gasteiger partial charge on any atom is -0.354 e. The summed E-state index contributed by atoms with van der Waals surface area (Å²) in [5.74, 6) is 0.423. The number of hydrogen-bond acceptors (Lipinski definition) is 3. The molecule has 2 aromatic rings. The smallest absolute Gasteiger partial charge is 0.241 e. The van der Waals surface area contributed by atoms with Gasteiger partial charge in [0.2, 0.25) is 5.91 Å². The van der Waals surface area contributed by atoms with Gasteiger partial charge in [-0.05, 0) is 31.0 Å². The molecule has 0 aliphatic heterocycles. The quantitative estimate of drug-likeness (QED) is 0.878. The number of rotatable bonds is 5. The van der Waals surface area contributed by atoms with E-state index in [9.17, 15) is 4.79 Å². The molecule has 0 radical (unpaired) electrons. The van der Waals surface area contributed by atoms with Crippen molar-refractivity contribution in [2.75, 3.05) is 13.6 Å². The first-order chi connectivity index (χ1) is 10.7. The van der Waals surface area contributed by atoms with E-state index in [1.807, 2.05) is 13.2 Å². The van der Waals surface area contributed by atoms with E-state index >= 15 is 0 Å². The van der Waals surface area contributed by atoms with E-state index in [2.05, 4.69) is 40.0 Å². The van der Waals surface area contributed by atoms with Gasteiger partial charge in [0.25, 0.3) is 0 Å². The summed E-state index contributed by atoms with van der Waals surface area (Å²) in [6.07, 6.45) is 5.81. The Morgan fingerprint density at radius 3 is 2.91 bits per heavy atom. The van der Waals surface area contributed by atoms with E-state index in [1.54, 1.807) is 17.9 Å². The standard InChI is InChI=1S/C17H22N4O.ClH/c1-18-16(14-10-20-21(2)11-14)17(22)19-9-13-8-7-12-5-3-4-6-15(12)13;/h3-6,10-11,13,16,18H,7-9H2,1-2H3,(H,19,22);1H. The van der Waals surface area contributed by atoms with Crippen LogP contribution >= 0.6 is 12.4 Å². The van der Waals surface area contributed by atoms with Gasteiger partial charge in [-0.3, -0.25) is 9.48 Å². The number of likely N-dealkylation sites (N-methyl/N-ethyl adjacent to an activating group) is 1. The van der Waals surface area contributed by atoms with Crippen LogP contribution in [-0.4, -0.2) is 29.3 Å². The molecule has 6 heteroatoms. The Morgan fingerprint density at radius 2 is 2.22 bits per heavy atom. The van der Waals surface area contributed by atoms with E-state index in [-0.39, 0.29) is 24.4 Å². The molecule has 5 nitrogen and oxygen atoms in total. The van der Waals surface area contributed by atoms with Crippen molar-refractivity contribution in [3.05, 3.63) is 53.3 Å². The van der Waals surface area contributed by atoms with Crippen molar-refractivity contribution >= 4 is 18.3 Å². The summed E-state index contributed by atoms with van der Waals surface area (Å²) in [6.45, 7) is 0.689. The number of nitrogens with zero attached hydrogens (tertiary/aromatic N) is 2. The van der Waals surface area contributed by atoms with Crippen molar-refractivity contribution in [1.29, 1.82) is 0 Å². The average Bonchev–Trinajstić information content (AvgIpc) is 3.12. The molecule has 23 heavy (non-hydrogen) atoms. The largest absolute Gasteiger partial charge is 0.354 e. The molecule has 2 unspecified atom stereocenters. The van der Waals surface area contributed by atoms with Crippen LogP contribution in [0.4, 0.5) is 0 Å². The maximum absolute atomic E-state index is 12.4. The maximum Gasteiger partial charge on any atom is 0.241 e. The normalized spacial score (nSPS) is 17.2. The van der Waals surface area contributed by atoms with Crippen LogP contribution < -0.4 is 10.6 Å². The van der Waals surface area contributed by atoms with Gasteiger partial charge in [0, 0.05) is 31.3 Å². The molecule has 0 saturated carbocycles. The number of fused-ring (bicyclic) bond motifs is 1. The van der Waals surface area contributed by atoms with Crippen molar-refractivity contribution in [2.45, 2.75) is 24.8 Å². The highest BCUT2D eigenvalue weighted by Crippen LogP contribution is 2.32. The minimum absolute atomic E-state index is 0. The molecule has 1 aromatic carbocycles. The van der Waals surface area contributed by atoms with Crippen LogP contribution in [0.2, 0.25) is 0 Å². The van der Waals surface area contributed by atoms with Crippen LogP contribution in [0.15, 0.2) is 36.7 Å². The van der Waals surface area contributed by atoms with Gasteiger partial charge in [0.05, 0.1) is 6.20 Å². The number of carbonyl (C=O) groups excluding carboxylic acids is 1. The summed E-state index contributed by atoms with van der Waals surface area (Å²) in [4.78, 5) is 12.4. The number of carbonyl (C=O) groups is 1. The van der Waals surface area contributed by atoms with E-state index in [4.69, 9.17) is 0 Å². The van der Waals surface area contributed by atoms with Crippen molar-refractivity contribution in [2.24, 2.45) is 7.05 Å². The first-order valence-corrected chi connectivity index (χ1v) is 7.70.